The van der Waals surface area contributed by atoms with E-state index in [1.165, 1.54) is 24.3 Å². The number of anilines is 1. The van der Waals surface area contributed by atoms with Gasteiger partial charge in [0.1, 0.15) is 28.8 Å². The SMILES string of the molecule is CCOC(=O)c1sc(N2C(=O)C(=O)C(=C(O)c3ccc(OCc4ccccc4C)cc3)C2c2ccc(F)cc2)nc1C. The topological polar surface area (TPSA) is 106 Å². The third kappa shape index (κ3) is 5.53. The lowest BCUT2D eigenvalue weighted by Gasteiger charge is -2.23. The van der Waals surface area contributed by atoms with Crippen LogP contribution in [0.1, 0.15) is 50.6 Å². The maximum atomic E-state index is 13.8. The lowest BCUT2D eigenvalue weighted by atomic mass is 9.95. The minimum atomic E-state index is -1.12. The number of aliphatic hydroxyl groups is 1. The Balaban J connectivity index is 1.52. The number of amides is 1. The first-order chi connectivity index (χ1) is 20.2. The maximum absolute atomic E-state index is 13.8. The Bertz CT molecular complexity index is 1690. The molecule has 0 saturated carbocycles. The molecule has 2 heterocycles. The van der Waals surface area contributed by atoms with E-state index in [1.807, 2.05) is 31.2 Å². The first kappa shape index (κ1) is 28.7. The third-order valence-electron chi connectivity index (χ3n) is 6.87. The number of aliphatic hydroxyl groups excluding tert-OH is 1. The number of halogens is 1. The van der Waals surface area contributed by atoms with E-state index < -0.39 is 35.3 Å². The van der Waals surface area contributed by atoms with Crippen LogP contribution in [0.4, 0.5) is 9.52 Å². The number of ketones is 1. The van der Waals surface area contributed by atoms with E-state index in [9.17, 15) is 23.9 Å². The fourth-order valence-electron chi connectivity index (χ4n) is 4.66. The summed E-state index contributed by atoms with van der Waals surface area (Å²) in [5.74, 6) is -2.84. The minimum absolute atomic E-state index is 0.0750. The Morgan fingerprint density at radius 3 is 2.38 bits per heavy atom. The van der Waals surface area contributed by atoms with Crippen molar-refractivity contribution in [2.24, 2.45) is 0 Å². The van der Waals surface area contributed by atoms with Gasteiger partial charge >= 0.3 is 11.9 Å². The number of esters is 1. The molecule has 4 aromatic rings. The molecule has 1 fully saturated rings. The molecular weight excluding hydrogens is 559 g/mol. The zero-order chi connectivity index (χ0) is 30.0. The van der Waals surface area contributed by atoms with Gasteiger partial charge in [-0.05, 0) is 73.9 Å². The van der Waals surface area contributed by atoms with Crippen molar-refractivity contribution in [2.45, 2.75) is 33.4 Å². The van der Waals surface area contributed by atoms with Crippen LogP contribution in [0.5, 0.6) is 5.75 Å². The smallest absolute Gasteiger partial charge is 0.350 e. The zero-order valence-electron chi connectivity index (χ0n) is 23.1. The number of benzene rings is 3. The van der Waals surface area contributed by atoms with E-state index in [0.717, 1.165) is 27.4 Å². The van der Waals surface area contributed by atoms with E-state index in [-0.39, 0.29) is 27.8 Å². The molecule has 1 aromatic heterocycles. The molecule has 1 atom stereocenters. The number of aryl methyl sites for hydroxylation is 2. The van der Waals surface area contributed by atoms with Crippen LogP contribution in [-0.4, -0.2) is 34.4 Å². The van der Waals surface area contributed by atoms with E-state index in [4.69, 9.17) is 9.47 Å². The zero-order valence-corrected chi connectivity index (χ0v) is 23.9. The molecule has 1 saturated heterocycles. The lowest BCUT2D eigenvalue weighted by Crippen LogP contribution is -2.29. The Morgan fingerprint density at radius 1 is 1.02 bits per heavy atom. The molecule has 5 rings (SSSR count). The average molecular weight is 587 g/mol. The number of ether oxygens (including phenoxy) is 2. The molecule has 42 heavy (non-hydrogen) atoms. The minimum Gasteiger partial charge on any atom is -0.507 e. The van der Waals surface area contributed by atoms with Crippen molar-refractivity contribution in [2.75, 3.05) is 11.5 Å². The lowest BCUT2D eigenvalue weighted by molar-refractivity contribution is -0.132. The Morgan fingerprint density at radius 2 is 1.71 bits per heavy atom. The molecule has 1 aliphatic rings. The number of nitrogens with zero attached hydrogens (tertiary/aromatic N) is 2. The molecule has 1 aliphatic heterocycles. The highest BCUT2D eigenvalue weighted by Crippen LogP contribution is 2.44. The summed E-state index contributed by atoms with van der Waals surface area (Å²) >= 11 is 0.901. The summed E-state index contributed by atoms with van der Waals surface area (Å²) < 4.78 is 24.8. The summed E-state index contributed by atoms with van der Waals surface area (Å²) in [6, 6.07) is 18.5. The summed E-state index contributed by atoms with van der Waals surface area (Å²) in [6.45, 7) is 5.77. The molecular formula is C32H27FN2O6S. The average Bonchev–Trinajstić information content (AvgIpc) is 3.49. The third-order valence-corrected chi connectivity index (χ3v) is 8.00. The standard InChI is InChI=1S/C32H27FN2O6S/c1-4-40-31(39)29-19(3)34-32(42-29)35-26(20-9-13-23(33)14-10-20)25(28(37)30(35)38)27(36)21-11-15-24(16-12-21)41-17-22-8-6-5-7-18(22)2/h5-16,26,36H,4,17H2,1-3H3. The molecule has 0 bridgehead atoms. The maximum Gasteiger partial charge on any atom is 0.350 e. The number of thiazole rings is 1. The van der Waals surface area contributed by atoms with Crippen LogP contribution in [0.15, 0.2) is 78.4 Å². The van der Waals surface area contributed by atoms with Gasteiger partial charge in [0.25, 0.3) is 5.78 Å². The van der Waals surface area contributed by atoms with E-state index in [0.29, 0.717) is 23.6 Å². The van der Waals surface area contributed by atoms with Gasteiger partial charge in [0, 0.05) is 5.56 Å². The molecule has 0 aliphatic carbocycles. The normalized spacial score (nSPS) is 16.1. The molecule has 1 amide bonds. The van der Waals surface area contributed by atoms with Crippen molar-refractivity contribution in [1.82, 2.24) is 4.98 Å². The van der Waals surface area contributed by atoms with Crippen molar-refractivity contribution in [3.8, 4) is 5.75 Å². The van der Waals surface area contributed by atoms with Gasteiger partial charge in [-0.1, -0.05) is 47.7 Å². The Hall–Kier alpha value is -4.83. The van der Waals surface area contributed by atoms with Crippen LogP contribution >= 0.6 is 11.3 Å². The van der Waals surface area contributed by atoms with Crippen LogP contribution < -0.4 is 9.64 Å². The summed E-state index contributed by atoms with van der Waals surface area (Å²) in [5.41, 5.74) is 2.93. The summed E-state index contributed by atoms with van der Waals surface area (Å²) in [6.07, 6.45) is 0. The molecule has 8 nitrogen and oxygen atoms in total. The van der Waals surface area contributed by atoms with Crippen LogP contribution in [0.2, 0.25) is 0 Å². The number of aromatic nitrogens is 1. The monoisotopic (exact) mass is 586 g/mol. The van der Waals surface area contributed by atoms with Crippen LogP contribution in [0, 0.1) is 19.7 Å². The van der Waals surface area contributed by atoms with Gasteiger partial charge in [-0.25, -0.2) is 14.2 Å². The van der Waals surface area contributed by atoms with Crippen molar-refractivity contribution in [3.05, 3.63) is 117 Å². The van der Waals surface area contributed by atoms with Crippen molar-refractivity contribution >= 4 is 39.9 Å². The number of rotatable bonds is 8. The second kappa shape index (κ2) is 12.0. The molecule has 10 heteroatoms. The van der Waals surface area contributed by atoms with Gasteiger partial charge in [0.15, 0.2) is 5.13 Å². The summed E-state index contributed by atoms with van der Waals surface area (Å²) in [7, 11) is 0. The number of Topliss-reactive ketones (excluding diaryl/α,β-unsaturated/α-hetero) is 1. The number of hydrogen-bond donors (Lipinski definition) is 1. The quantitative estimate of drug-likeness (QED) is 0.112. The van der Waals surface area contributed by atoms with Crippen LogP contribution in [0.25, 0.3) is 5.76 Å². The Labute approximate surface area is 245 Å². The summed E-state index contributed by atoms with van der Waals surface area (Å²) in [4.78, 5) is 45.0. The molecule has 0 spiro atoms. The second-order valence-corrected chi connectivity index (χ2v) is 10.6. The number of hydrogen-bond acceptors (Lipinski definition) is 8. The number of carbonyl (C=O) groups is 3. The van der Waals surface area contributed by atoms with Gasteiger partial charge in [0.2, 0.25) is 0 Å². The Kier molecular flexibility index (Phi) is 8.17. The largest absolute Gasteiger partial charge is 0.507 e. The molecule has 214 valence electrons. The van der Waals surface area contributed by atoms with Gasteiger partial charge in [-0.2, -0.15) is 0 Å². The highest BCUT2D eigenvalue weighted by molar-refractivity contribution is 7.17. The molecule has 1 N–H and O–H groups in total. The molecule has 3 aromatic carbocycles. The van der Waals surface area contributed by atoms with E-state index >= 15 is 0 Å². The first-order valence-corrected chi connectivity index (χ1v) is 14.0. The van der Waals surface area contributed by atoms with Crippen molar-refractivity contribution in [3.63, 3.8) is 0 Å². The van der Waals surface area contributed by atoms with Gasteiger partial charge in [-0.15, -0.1) is 0 Å². The van der Waals surface area contributed by atoms with Crippen molar-refractivity contribution < 1.29 is 33.4 Å². The van der Waals surface area contributed by atoms with Crippen molar-refractivity contribution in [1.29, 1.82) is 0 Å². The fraction of sp³-hybridized carbons (Fsp3) is 0.188. The highest BCUT2D eigenvalue weighted by atomic mass is 32.1. The van der Waals surface area contributed by atoms with Gasteiger partial charge in [0.05, 0.1) is 23.9 Å². The van der Waals surface area contributed by atoms with E-state index in [1.54, 1.807) is 38.1 Å². The fourth-order valence-corrected chi connectivity index (χ4v) is 5.65. The van der Waals surface area contributed by atoms with Crippen LogP contribution in [-0.2, 0) is 20.9 Å². The predicted octanol–water partition coefficient (Wildman–Crippen LogP) is 6.28. The van der Waals surface area contributed by atoms with Gasteiger partial charge in [-0.3, -0.25) is 14.5 Å². The second-order valence-electron chi connectivity index (χ2n) is 9.59. The molecule has 0 radical (unpaired) electrons. The summed E-state index contributed by atoms with van der Waals surface area (Å²) in [5, 5.41) is 11.5. The highest BCUT2D eigenvalue weighted by Gasteiger charge is 2.48. The van der Waals surface area contributed by atoms with Crippen LogP contribution in [0.3, 0.4) is 0 Å². The number of carbonyl (C=O) groups excluding carboxylic acids is 3. The first-order valence-electron chi connectivity index (χ1n) is 13.2. The van der Waals surface area contributed by atoms with Gasteiger partial charge < -0.3 is 14.6 Å². The predicted molar refractivity (Wildman–Crippen MR) is 156 cm³/mol. The molecule has 1 unspecified atom stereocenters. The van der Waals surface area contributed by atoms with E-state index in [2.05, 4.69) is 4.98 Å².